The van der Waals surface area contributed by atoms with Crippen molar-refractivity contribution < 1.29 is 4.39 Å². The molecule has 0 saturated carbocycles. The van der Waals surface area contributed by atoms with E-state index in [-0.39, 0.29) is 5.82 Å². The molecule has 1 N–H and O–H groups in total. The molecule has 4 aromatic rings. The first-order valence-electron chi connectivity index (χ1n) is 7.27. The zero-order valence-electron chi connectivity index (χ0n) is 12.2. The predicted molar refractivity (Wildman–Crippen MR) is 92.7 cm³/mol. The summed E-state index contributed by atoms with van der Waals surface area (Å²) in [6, 6.07) is 20.7. The van der Waals surface area contributed by atoms with Crippen molar-refractivity contribution in [2.24, 2.45) is 0 Å². The fourth-order valence-electron chi connectivity index (χ4n) is 2.56. The van der Waals surface area contributed by atoms with Crippen LogP contribution >= 0.6 is 11.3 Å². The minimum Gasteiger partial charge on any atom is -0.337 e. The van der Waals surface area contributed by atoms with E-state index in [1.165, 1.54) is 6.07 Å². The Morgan fingerprint density at radius 1 is 0.870 bits per heavy atom. The van der Waals surface area contributed by atoms with Gasteiger partial charge in [-0.25, -0.2) is 9.37 Å². The van der Waals surface area contributed by atoms with E-state index in [2.05, 4.69) is 9.97 Å². The third kappa shape index (κ3) is 2.58. The summed E-state index contributed by atoms with van der Waals surface area (Å²) >= 11 is 1.63. The summed E-state index contributed by atoms with van der Waals surface area (Å²) < 4.78 is 14.1. The van der Waals surface area contributed by atoms with Crippen molar-refractivity contribution >= 4 is 11.3 Å². The lowest BCUT2D eigenvalue weighted by atomic mass is 10.1. The molecular formula is C19H13FN2S. The Morgan fingerprint density at radius 3 is 2.39 bits per heavy atom. The largest absolute Gasteiger partial charge is 0.337 e. The van der Waals surface area contributed by atoms with E-state index < -0.39 is 0 Å². The Kier molecular flexibility index (Phi) is 3.52. The van der Waals surface area contributed by atoms with Crippen molar-refractivity contribution in [3.05, 3.63) is 77.9 Å². The summed E-state index contributed by atoms with van der Waals surface area (Å²) in [6.07, 6.45) is 0. The number of rotatable bonds is 3. The first-order chi connectivity index (χ1) is 11.3. The molecule has 0 fully saturated rings. The quantitative estimate of drug-likeness (QED) is 0.522. The fraction of sp³-hybridized carbons (Fsp3) is 0. The number of nitrogens with zero attached hydrogens (tertiary/aromatic N) is 1. The van der Waals surface area contributed by atoms with Crippen LogP contribution in [0, 0.1) is 5.82 Å². The Bertz CT molecular complexity index is 927. The molecule has 112 valence electrons. The Balaban J connectivity index is 1.93. The number of hydrogen-bond acceptors (Lipinski definition) is 2. The van der Waals surface area contributed by atoms with Crippen LogP contribution in [0.25, 0.3) is 33.2 Å². The lowest BCUT2D eigenvalue weighted by Crippen LogP contribution is -1.85. The molecule has 2 heterocycles. The summed E-state index contributed by atoms with van der Waals surface area (Å²) in [5.74, 6) is 0.268. The number of halogens is 1. The summed E-state index contributed by atoms with van der Waals surface area (Å²) in [4.78, 5) is 9.06. The number of H-pyrrole nitrogens is 1. The minimum atomic E-state index is -0.279. The maximum absolute atomic E-state index is 14.1. The molecule has 4 heteroatoms. The van der Waals surface area contributed by atoms with Crippen LogP contribution in [0.3, 0.4) is 0 Å². The number of imidazole rings is 1. The van der Waals surface area contributed by atoms with Gasteiger partial charge in [0.2, 0.25) is 0 Å². The topological polar surface area (TPSA) is 28.7 Å². The Morgan fingerprint density at radius 2 is 1.65 bits per heavy atom. The van der Waals surface area contributed by atoms with Crippen LogP contribution < -0.4 is 0 Å². The molecule has 0 saturated heterocycles. The van der Waals surface area contributed by atoms with Gasteiger partial charge in [-0.1, -0.05) is 48.5 Å². The lowest BCUT2D eigenvalue weighted by molar-refractivity contribution is 0.630. The van der Waals surface area contributed by atoms with Crippen LogP contribution in [0.5, 0.6) is 0 Å². The van der Waals surface area contributed by atoms with Gasteiger partial charge in [-0.2, -0.15) is 0 Å². The molecule has 4 rings (SSSR count). The van der Waals surface area contributed by atoms with Crippen molar-refractivity contribution in [3.63, 3.8) is 0 Å². The summed E-state index contributed by atoms with van der Waals surface area (Å²) in [5.41, 5.74) is 3.25. The van der Waals surface area contributed by atoms with Gasteiger partial charge in [0.15, 0.2) is 0 Å². The molecule has 0 spiro atoms. The second-order valence-electron chi connectivity index (χ2n) is 5.13. The maximum Gasteiger partial charge on any atom is 0.141 e. The van der Waals surface area contributed by atoms with Crippen LogP contribution in [0.4, 0.5) is 4.39 Å². The molecule has 0 aliphatic heterocycles. The zero-order valence-corrected chi connectivity index (χ0v) is 13.0. The minimum absolute atomic E-state index is 0.279. The highest BCUT2D eigenvalue weighted by molar-refractivity contribution is 7.13. The molecule has 0 atom stereocenters. The monoisotopic (exact) mass is 320 g/mol. The standard InChI is InChI=1S/C19H13FN2S/c20-15-10-5-4-9-14(15)19-21-17(13-7-2-1-3-8-13)18(22-19)16-11-6-12-23-16/h1-12H,(H,21,22). The smallest absolute Gasteiger partial charge is 0.141 e. The number of benzene rings is 2. The van der Waals surface area contributed by atoms with Gasteiger partial charge < -0.3 is 4.98 Å². The highest BCUT2D eigenvalue weighted by Gasteiger charge is 2.17. The molecule has 0 bridgehead atoms. The average molecular weight is 320 g/mol. The van der Waals surface area contributed by atoms with Gasteiger partial charge in [-0.05, 0) is 23.6 Å². The first-order valence-corrected chi connectivity index (χ1v) is 8.15. The number of hydrogen-bond donors (Lipinski definition) is 1. The number of aromatic nitrogens is 2. The highest BCUT2D eigenvalue weighted by Crippen LogP contribution is 2.35. The normalized spacial score (nSPS) is 10.8. The lowest BCUT2D eigenvalue weighted by Gasteiger charge is -1.99. The molecule has 2 aromatic heterocycles. The van der Waals surface area contributed by atoms with Crippen LogP contribution in [-0.4, -0.2) is 9.97 Å². The summed E-state index contributed by atoms with van der Waals surface area (Å²) in [6.45, 7) is 0. The van der Waals surface area contributed by atoms with E-state index in [4.69, 9.17) is 0 Å². The average Bonchev–Trinajstić information content (AvgIpc) is 3.25. The van der Waals surface area contributed by atoms with Gasteiger partial charge in [0.1, 0.15) is 11.6 Å². The molecule has 0 unspecified atom stereocenters. The van der Waals surface area contributed by atoms with Gasteiger partial charge in [0.25, 0.3) is 0 Å². The second-order valence-corrected chi connectivity index (χ2v) is 6.08. The molecule has 2 nitrogen and oxygen atoms in total. The van der Waals surface area contributed by atoms with Crippen LogP contribution in [0.15, 0.2) is 72.1 Å². The number of nitrogens with one attached hydrogen (secondary N) is 1. The highest BCUT2D eigenvalue weighted by atomic mass is 32.1. The molecular weight excluding hydrogens is 307 g/mol. The molecule has 23 heavy (non-hydrogen) atoms. The van der Waals surface area contributed by atoms with Crippen LogP contribution in [0.1, 0.15) is 0 Å². The maximum atomic E-state index is 14.1. The van der Waals surface area contributed by atoms with Crippen LogP contribution in [-0.2, 0) is 0 Å². The molecule has 2 aromatic carbocycles. The molecule has 0 amide bonds. The second kappa shape index (κ2) is 5.82. The fourth-order valence-corrected chi connectivity index (χ4v) is 3.28. The number of thiophene rings is 1. The van der Waals surface area contributed by atoms with E-state index in [1.807, 2.05) is 53.9 Å². The third-order valence-corrected chi connectivity index (χ3v) is 4.53. The first kappa shape index (κ1) is 13.9. The van der Waals surface area contributed by atoms with E-state index in [1.54, 1.807) is 23.5 Å². The van der Waals surface area contributed by atoms with Gasteiger partial charge in [-0.15, -0.1) is 11.3 Å². The van der Waals surface area contributed by atoms with Crippen LogP contribution in [0.2, 0.25) is 0 Å². The summed E-state index contributed by atoms with van der Waals surface area (Å²) in [7, 11) is 0. The van der Waals surface area contributed by atoms with Crippen molar-refractivity contribution in [2.75, 3.05) is 0 Å². The van der Waals surface area contributed by atoms with E-state index in [0.717, 1.165) is 21.8 Å². The molecule has 0 aliphatic rings. The van der Waals surface area contributed by atoms with Crippen molar-refractivity contribution in [3.8, 4) is 33.2 Å². The van der Waals surface area contributed by atoms with Crippen molar-refractivity contribution in [1.82, 2.24) is 9.97 Å². The predicted octanol–water partition coefficient (Wildman–Crippen LogP) is 5.61. The summed E-state index contributed by atoms with van der Waals surface area (Å²) in [5, 5.41) is 2.02. The number of aromatic amines is 1. The van der Waals surface area contributed by atoms with Gasteiger partial charge in [0.05, 0.1) is 21.8 Å². The van der Waals surface area contributed by atoms with Gasteiger partial charge >= 0.3 is 0 Å². The van der Waals surface area contributed by atoms with Crippen molar-refractivity contribution in [2.45, 2.75) is 0 Å². The van der Waals surface area contributed by atoms with Gasteiger partial charge in [0, 0.05) is 5.56 Å². The molecule has 0 aliphatic carbocycles. The zero-order chi connectivity index (χ0) is 15.6. The van der Waals surface area contributed by atoms with E-state index >= 15 is 0 Å². The SMILES string of the molecule is Fc1ccccc1-c1nc(-c2ccccc2)c(-c2cccs2)[nH]1. The van der Waals surface area contributed by atoms with E-state index in [0.29, 0.717) is 11.4 Å². The van der Waals surface area contributed by atoms with Crippen molar-refractivity contribution in [1.29, 1.82) is 0 Å². The third-order valence-electron chi connectivity index (χ3n) is 3.65. The Labute approximate surface area is 137 Å². The van der Waals surface area contributed by atoms with E-state index in [9.17, 15) is 4.39 Å². The Hall–Kier alpha value is -2.72. The van der Waals surface area contributed by atoms with Gasteiger partial charge in [-0.3, -0.25) is 0 Å². The molecule has 0 radical (unpaired) electrons.